The number of nitrogens with one attached hydrogen (secondary N) is 2. The van der Waals surface area contributed by atoms with Crippen molar-refractivity contribution in [2.45, 2.75) is 78.1 Å². The Kier molecular flexibility index (Phi) is 8.74. The first-order chi connectivity index (χ1) is 17.3. The van der Waals surface area contributed by atoms with E-state index in [-0.39, 0.29) is 23.6 Å². The van der Waals surface area contributed by atoms with Crippen LogP contribution in [-0.4, -0.2) is 45.6 Å². The Hall–Kier alpha value is -3.26. The minimum absolute atomic E-state index is 0.0424. The molecule has 8 nitrogen and oxygen atoms in total. The number of para-hydroxylation sites is 1. The number of rotatable bonds is 8. The molecular formula is C28H36ClN3O5. The summed E-state index contributed by atoms with van der Waals surface area (Å²) in [5.74, 6) is -1.05. The number of hydrogen-bond donors (Lipinski definition) is 3. The van der Waals surface area contributed by atoms with Crippen LogP contribution in [0, 0.1) is 12.8 Å². The smallest absolute Gasteiger partial charge is 0.408 e. The number of halogens is 1. The van der Waals surface area contributed by atoms with Crippen LogP contribution in [0.25, 0.3) is 0 Å². The summed E-state index contributed by atoms with van der Waals surface area (Å²) in [4.78, 5) is 42.0. The number of carbonyl (C=O) groups is 3. The van der Waals surface area contributed by atoms with E-state index in [1.807, 2.05) is 26.8 Å². The number of amides is 3. The lowest BCUT2D eigenvalue weighted by atomic mass is 9.98. The van der Waals surface area contributed by atoms with Gasteiger partial charge in [0.2, 0.25) is 5.91 Å². The highest BCUT2D eigenvalue weighted by molar-refractivity contribution is 6.34. The van der Waals surface area contributed by atoms with Crippen molar-refractivity contribution in [3.8, 4) is 5.75 Å². The number of aromatic hydroxyl groups is 1. The number of benzene rings is 2. The van der Waals surface area contributed by atoms with Crippen LogP contribution in [0.3, 0.4) is 0 Å². The number of ether oxygens (including phenoxy) is 1. The van der Waals surface area contributed by atoms with E-state index in [2.05, 4.69) is 10.6 Å². The minimum Gasteiger partial charge on any atom is -0.508 e. The van der Waals surface area contributed by atoms with Crippen LogP contribution >= 0.6 is 11.6 Å². The fourth-order valence-electron chi connectivity index (χ4n) is 4.06. The highest BCUT2D eigenvalue weighted by atomic mass is 35.5. The topological polar surface area (TPSA) is 108 Å². The fraction of sp³-hybridized carbons (Fsp3) is 0.464. The quantitative estimate of drug-likeness (QED) is 0.414. The van der Waals surface area contributed by atoms with Gasteiger partial charge in [-0.2, -0.15) is 0 Å². The van der Waals surface area contributed by atoms with E-state index in [0.717, 1.165) is 18.4 Å². The molecule has 0 radical (unpaired) electrons. The summed E-state index contributed by atoms with van der Waals surface area (Å²) < 4.78 is 5.39. The first-order valence-electron chi connectivity index (χ1n) is 12.4. The molecule has 9 heteroatoms. The van der Waals surface area contributed by atoms with Crippen molar-refractivity contribution >= 4 is 35.2 Å². The zero-order valence-corrected chi connectivity index (χ0v) is 22.9. The van der Waals surface area contributed by atoms with Gasteiger partial charge in [0.1, 0.15) is 23.4 Å². The molecule has 1 aliphatic carbocycles. The zero-order chi connectivity index (χ0) is 27.5. The highest BCUT2D eigenvalue weighted by Crippen LogP contribution is 2.37. The van der Waals surface area contributed by atoms with Crippen molar-refractivity contribution in [3.63, 3.8) is 0 Å². The van der Waals surface area contributed by atoms with Crippen molar-refractivity contribution in [1.82, 2.24) is 10.2 Å². The molecule has 2 atom stereocenters. The Labute approximate surface area is 223 Å². The molecule has 1 aliphatic rings. The monoisotopic (exact) mass is 529 g/mol. The van der Waals surface area contributed by atoms with Crippen molar-refractivity contribution in [1.29, 1.82) is 0 Å². The van der Waals surface area contributed by atoms with E-state index >= 15 is 0 Å². The molecule has 0 aliphatic heterocycles. The van der Waals surface area contributed by atoms with E-state index in [1.54, 1.807) is 49.9 Å². The Morgan fingerprint density at radius 2 is 1.70 bits per heavy atom. The molecule has 1 saturated carbocycles. The Morgan fingerprint density at radius 3 is 2.22 bits per heavy atom. The minimum atomic E-state index is -1.02. The molecule has 3 amide bonds. The van der Waals surface area contributed by atoms with Gasteiger partial charge in [0, 0.05) is 6.04 Å². The second-order valence-corrected chi connectivity index (χ2v) is 11.2. The van der Waals surface area contributed by atoms with Gasteiger partial charge in [-0.05, 0) is 75.8 Å². The lowest BCUT2D eigenvalue weighted by molar-refractivity contribution is -0.142. The van der Waals surface area contributed by atoms with Gasteiger partial charge in [0.15, 0.2) is 0 Å². The van der Waals surface area contributed by atoms with Gasteiger partial charge in [-0.1, -0.05) is 49.7 Å². The van der Waals surface area contributed by atoms with Gasteiger partial charge in [0.25, 0.3) is 5.91 Å². The summed E-state index contributed by atoms with van der Waals surface area (Å²) in [6, 6.07) is 9.40. The van der Waals surface area contributed by atoms with Crippen molar-refractivity contribution in [2.75, 3.05) is 5.32 Å². The van der Waals surface area contributed by atoms with Crippen molar-refractivity contribution in [2.24, 2.45) is 5.92 Å². The van der Waals surface area contributed by atoms with E-state index in [9.17, 15) is 19.5 Å². The van der Waals surface area contributed by atoms with Crippen LogP contribution < -0.4 is 10.6 Å². The third-order valence-electron chi connectivity index (χ3n) is 6.01. The predicted octanol–water partition coefficient (Wildman–Crippen LogP) is 5.57. The number of hydrogen-bond acceptors (Lipinski definition) is 5. The molecule has 2 aromatic rings. The van der Waals surface area contributed by atoms with Gasteiger partial charge in [-0.3, -0.25) is 9.59 Å². The molecule has 0 bridgehead atoms. The third-order valence-corrected chi connectivity index (χ3v) is 6.32. The Balaban J connectivity index is 2.00. The molecule has 3 N–H and O–H groups in total. The van der Waals surface area contributed by atoms with Crippen LogP contribution in [0.4, 0.5) is 10.5 Å². The van der Waals surface area contributed by atoms with Gasteiger partial charge < -0.3 is 25.4 Å². The molecule has 0 spiro atoms. The van der Waals surface area contributed by atoms with Crippen LogP contribution in [0.1, 0.15) is 64.6 Å². The van der Waals surface area contributed by atoms with Crippen LogP contribution in [0.2, 0.25) is 5.02 Å². The molecule has 0 saturated heterocycles. The third kappa shape index (κ3) is 7.38. The van der Waals surface area contributed by atoms with E-state index in [4.69, 9.17) is 16.3 Å². The largest absolute Gasteiger partial charge is 0.508 e. The van der Waals surface area contributed by atoms with Crippen molar-refractivity contribution < 1.29 is 24.2 Å². The van der Waals surface area contributed by atoms with Gasteiger partial charge in [0.05, 0.1) is 10.7 Å². The van der Waals surface area contributed by atoms with Crippen LogP contribution in [0.15, 0.2) is 42.5 Å². The maximum Gasteiger partial charge on any atom is 0.408 e. The van der Waals surface area contributed by atoms with E-state index in [1.165, 1.54) is 12.1 Å². The Morgan fingerprint density at radius 1 is 1.08 bits per heavy atom. The second kappa shape index (κ2) is 11.4. The van der Waals surface area contributed by atoms with E-state index < -0.39 is 29.7 Å². The standard InChI is InChI=1S/C28H36ClN3O5/c1-16(2)22(31-27(36)37-28(4,5)6)26(35)32(19-12-13-19)24(18-10-14-20(33)15-11-18)25(34)30-23-17(3)8-7-9-21(23)29/h7-11,14-16,19,22,24,33H,12-13H2,1-6H3,(H,30,34)(H,31,36). The van der Waals surface area contributed by atoms with Crippen LogP contribution in [0.5, 0.6) is 5.75 Å². The fourth-order valence-corrected chi connectivity index (χ4v) is 4.33. The number of aryl methyl sites for hydroxylation is 1. The molecule has 0 aromatic heterocycles. The number of anilines is 1. The molecule has 37 heavy (non-hydrogen) atoms. The normalized spacial score (nSPS) is 15.0. The molecule has 2 aromatic carbocycles. The average molecular weight is 530 g/mol. The zero-order valence-electron chi connectivity index (χ0n) is 22.2. The number of carbonyl (C=O) groups excluding carboxylic acids is 3. The summed E-state index contributed by atoms with van der Waals surface area (Å²) in [7, 11) is 0. The summed E-state index contributed by atoms with van der Waals surface area (Å²) in [5.41, 5.74) is 1.04. The Bertz CT molecular complexity index is 1120. The summed E-state index contributed by atoms with van der Waals surface area (Å²) >= 11 is 6.37. The average Bonchev–Trinajstić information content (AvgIpc) is 3.62. The van der Waals surface area contributed by atoms with Gasteiger partial charge >= 0.3 is 6.09 Å². The van der Waals surface area contributed by atoms with Gasteiger partial charge in [-0.15, -0.1) is 0 Å². The molecule has 0 heterocycles. The first kappa shape index (κ1) is 28.3. The van der Waals surface area contributed by atoms with Gasteiger partial charge in [-0.25, -0.2) is 4.79 Å². The summed E-state index contributed by atoms with van der Waals surface area (Å²) in [5, 5.41) is 15.9. The highest BCUT2D eigenvalue weighted by Gasteiger charge is 2.45. The summed E-state index contributed by atoms with van der Waals surface area (Å²) in [6.07, 6.45) is 0.763. The number of phenolic OH excluding ortho intramolecular Hbond substituents is 1. The molecule has 2 unspecified atom stereocenters. The first-order valence-corrected chi connectivity index (χ1v) is 12.8. The molecule has 1 fully saturated rings. The summed E-state index contributed by atoms with van der Waals surface area (Å²) in [6.45, 7) is 10.7. The molecular weight excluding hydrogens is 494 g/mol. The lowest BCUT2D eigenvalue weighted by Crippen LogP contribution is -2.55. The maximum absolute atomic E-state index is 14.0. The maximum atomic E-state index is 14.0. The molecule has 3 rings (SSSR count). The van der Waals surface area contributed by atoms with E-state index in [0.29, 0.717) is 16.3 Å². The van der Waals surface area contributed by atoms with Crippen LogP contribution in [-0.2, 0) is 14.3 Å². The van der Waals surface area contributed by atoms with Crippen molar-refractivity contribution in [3.05, 3.63) is 58.6 Å². The number of alkyl carbamates (subject to hydrolysis) is 1. The second-order valence-electron chi connectivity index (χ2n) is 10.8. The molecule has 200 valence electrons. The number of phenols is 1. The SMILES string of the molecule is Cc1cccc(Cl)c1NC(=O)C(c1ccc(O)cc1)N(C(=O)C(NC(=O)OC(C)(C)C)C(C)C)C1CC1. The predicted molar refractivity (Wildman–Crippen MR) is 144 cm³/mol. The lowest BCUT2D eigenvalue weighted by Gasteiger charge is -2.36. The number of nitrogens with zero attached hydrogens (tertiary/aromatic N) is 1.